The molecule has 78 valence electrons. The van der Waals surface area contributed by atoms with Crippen molar-refractivity contribution in [1.82, 2.24) is 0 Å². The second kappa shape index (κ2) is 6.44. The van der Waals surface area contributed by atoms with Gasteiger partial charge in [-0.1, -0.05) is 25.1 Å². The first-order valence-electron chi connectivity index (χ1n) is 5.16. The summed E-state index contributed by atoms with van der Waals surface area (Å²) in [7, 11) is 0. The molecule has 0 radical (unpaired) electrons. The van der Waals surface area contributed by atoms with Crippen molar-refractivity contribution in [3.05, 3.63) is 30.3 Å². The van der Waals surface area contributed by atoms with E-state index in [4.69, 9.17) is 9.47 Å². The van der Waals surface area contributed by atoms with E-state index >= 15 is 0 Å². The van der Waals surface area contributed by atoms with Gasteiger partial charge in [-0.15, -0.1) is 0 Å². The maximum Gasteiger partial charge on any atom is 0.119 e. The lowest BCUT2D eigenvalue weighted by Crippen LogP contribution is -1.89. The molecule has 0 spiro atoms. The molecule has 1 unspecified atom stereocenters. The molecular formula is C12H18O2. The molecule has 0 N–H and O–H groups in total. The van der Waals surface area contributed by atoms with Crippen LogP contribution in [0.1, 0.15) is 20.3 Å². The molecule has 1 aliphatic heterocycles. The average molecular weight is 194 g/mol. The maximum atomic E-state index is 5.21. The summed E-state index contributed by atoms with van der Waals surface area (Å²) in [4.78, 5) is 0. The second-order valence-corrected chi connectivity index (χ2v) is 3.11. The zero-order valence-electron chi connectivity index (χ0n) is 8.90. The minimum absolute atomic E-state index is 0.634. The molecule has 0 bridgehead atoms. The monoisotopic (exact) mass is 194 g/mol. The standard InChI is InChI=1S/C8H10O.C4H8O/c1-2-9-8-6-4-3-5-7-8;1-2-4-3-5-4/h3-7H,2H2,1H3;4H,2-3H2,1H3. The number of epoxide rings is 1. The van der Waals surface area contributed by atoms with E-state index in [1.54, 1.807) is 0 Å². The van der Waals surface area contributed by atoms with Crippen LogP contribution in [0.2, 0.25) is 0 Å². The van der Waals surface area contributed by atoms with Crippen LogP contribution in [0.4, 0.5) is 0 Å². The third-order valence-corrected chi connectivity index (χ3v) is 1.91. The first kappa shape index (κ1) is 11.1. The number of ether oxygens (including phenoxy) is 2. The van der Waals surface area contributed by atoms with Gasteiger partial charge in [0.25, 0.3) is 0 Å². The molecule has 0 amide bonds. The maximum absolute atomic E-state index is 5.21. The molecule has 1 aromatic rings. The van der Waals surface area contributed by atoms with Gasteiger partial charge in [0.2, 0.25) is 0 Å². The molecular weight excluding hydrogens is 176 g/mol. The highest BCUT2D eigenvalue weighted by Gasteiger charge is 2.18. The fourth-order valence-corrected chi connectivity index (χ4v) is 0.987. The van der Waals surface area contributed by atoms with E-state index in [-0.39, 0.29) is 0 Å². The lowest BCUT2D eigenvalue weighted by atomic mass is 10.3. The highest BCUT2D eigenvalue weighted by Crippen LogP contribution is 2.10. The van der Waals surface area contributed by atoms with Crippen molar-refractivity contribution in [2.75, 3.05) is 13.2 Å². The summed E-state index contributed by atoms with van der Waals surface area (Å²) in [6.45, 7) is 5.87. The number of rotatable bonds is 3. The zero-order chi connectivity index (χ0) is 10.2. The molecule has 1 aliphatic rings. The predicted octanol–water partition coefficient (Wildman–Crippen LogP) is 2.88. The largest absolute Gasteiger partial charge is 0.494 e. The summed E-state index contributed by atoms with van der Waals surface area (Å²) in [5.41, 5.74) is 0. The normalized spacial score (nSPS) is 18.0. The molecule has 1 heterocycles. The Balaban J connectivity index is 0.000000165. The van der Waals surface area contributed by atoms with Gasteiger partial charge in [-0.25, -0.2) is 0 Å². The number of hydrogen-bond donors (Lipinski definition) is 0. The third kappa shape index (κ3) is 4.87. The second-order valence-electron chi connectivity index (χ2n) is 3.11. The van der Waals surface area contributed by atoms with Gasteiger partial charge in [-0.2, -0.15) is 0 Å². The van der Waals surface area contributed by atoms with Crippen LogP contribution in [0.15, 0.2) is 30.3 Å². The van der Waals surface area contributed by atoms with Crippen molar-refractivity contribution < 1.29 is 9.47 Å². The highest BCUT2D eigenvalue weighted by atomic mass is 16.6. The van der Waals surface area contributed by atoms with E-state index in [1.165, 1.54) is 6.42 Å². The van der Waals surface area contributed by atoms with Crippen LogP contribution in [-0.2, 0) is 4.74 Å². The molecule has 0 saturated carbocycles. The van der Waals surface area contributed by atoms with Crippen molar-refractivity contribution >= 4 is 0 Å². The van der Waals surface area contributed by atoms with Crippen molar-refractivity contribution in [3.63, 3.8) is 0 Å². The summed E-state index contributed by atoms with van der Waals surface area (Å²) in [6.07, 6.45) is 1.83. The van der Waals surface area contributed by atoms with Crippen molar-refractivity contribution in [2.45, 2.75) is 26.4 Å². The Kier molecular flexibility index (Phi) is 5.08. The van der Waals surface area contributed by atoms with E-state index < -0.39 is 0 Å². The summed E-state index contributed by atoms with van der Waals surface area (Å²) < 4.78 is 10.1. The van der Waals surface area contributed by atoms with Crippen LogP contribution in [0.3, 0.4) is 0 Å². The number of benzene rings is 1. The lowest BCUT2D eigenvalue weighted by molar-refractivity contribution is 0.340. The first-order chi connectivity index (χ1) is 6.86. The van der Waals surface area contributed by atoms with E-state index in [0.29, 0.717) is 6.10 Å². The number of hydrogen-bond acceptors (Lipinski definition) is 2. The molecule has 2 rings (SSSR count). The van der Waals surface area contributed by atoms with Crippen LogP contribution in [0.5, 0.6) is 5.75 Å². The summed E-state index contributed by atoms with van der Waals surface area (Å²) >= 11 is 0. The Bertz CT molecular complexity index is 229. The van der Waals surface area contributed by atoms with Gasteiger partial charge >= 0.3 is 0 Å². The van der Waals surface area contributed by atoms with Crippen LogP contribution in [0, 0.1) is 0 Å². The van der Waals surface area contributed by atoms with Crippen molar-refractivity contribution in [1.29, 1.82) is 0 Å². The van der Waals surface area contributed by atoms with Gasteiger partial charge in [-0.3, -0.25) is 0 Å². The molecule has 1 atom stereocenters. The summed E-state index contributed by atoms with van der Waals surface area (Å²) in [5.74, 6) is 0.944. The number of para-hydroxylation sites is 1. The van der Waals surface area contributed by atoms with Gasteiger partial charge in [0, 0.05) is 0 Å². The minimum atomic E-state index is 0.634. The zero-order valence-corrected chi connectivity index (χ0v) is 8.90. The van der Waals surface area contributed by atoms with Gasteiger partial charge < -0.3 is 9.47 Å². The SMILES string of the molecule is CCC1CO1.CCOc1ccccc1. The Morgan fingerprint density at radius 1 is 1.29 bits per heavy atom. The minimum Gasteiger partial charge on any atom is -0.494 e. The summed E-state index contributed by atoms with van der Waals surface area (Å²) in [6, 6.07) is 9.80. The van der Waals surface area contributed by atoms with Crippen LogP contribution in [0.25, 0.3) is 0 Å². The van der Waals surface area contributed by atoms with E-state index in [1.807, 2.05) is 37.3 Å². The molecule has 2 nitrogen and oxygen atoms in total. The Labute approximate surface area is 85.8 Å². The molecule has 14 heavy (non-hydrogen) atoms. The molecule has 2 heteroatoms. The van der Waals surface area contributed by atoms with Gasteiger partial charge in [0.15, 0.2) is 0 Å². The third-order valence-electron chi connectivity index (χ3n) is 1.91. The first-order valence-corrected chi connectivity index (χ1v) is 5.16. The smallest absolute Gasteiger partial charge is 0.119 e. The van der Waals surface area contributed by atoms with Crippen molar-refractivity contribution in [2.24, 2.45) is 0 Å². The Hall–Kier alpha value is -1.02. The quantitative estimate of drug-likeness (QED) is 0.690. The fourth-order valence-electron chi connectivity index (χ4n) is 0.987. The van der Waals surface area contributed by atoms with Gasteiger partial charge in [0.1, 0.15) is 5.75 Å². The van der Waals surface area contributed by atoms with E-state index in [0.717, 1.165) is 19.0 Å². The molecule has 1 aromatic carbocycles. The van der Waals surface area contributed by atoms with Crippen molar-refractivity contribution in [3.8, 4) is 5.75 Å². The molecule has 0 aromatic heterocycles. The van der Waals surface area contributed by atoms with Crippen LogP contribution < -0.4 is 4.74 Å². The summed E-state index contributed by atoms with van der Waals surface area (Å²) in [5, 5.41) is 0. The Morgan fingerprint density at radius 2 is 1.93 bits per heavy atom. The van der Waals surface area contributed by atoms with E-state index in [2.05, 4.69) is 6.92 Å². The molecule has 1 saturated heterocycles. The Morgan fingerprint density at radius 3 is 2.29 bits per heavy atom. The van der Waals surface area contributed by atoms with Gasteiger partial charge in [-0.05, 0) is 25.5 Å². The topological polar surface area (TPSA) is 21.8 Å². The van der Waals surface area contributed by atoms with Gasteiger partial charge in [0.05, 0.1) is 19.3 Å². The molecule has 1 fully saturated rings. The fraction of sp³-hybridized carbons (Fsp3) is 0.500. The molecule has 0 aliphatic carbocycles. The average Bonchev–Trinajstić information content (AvgIpc) is 3.04. The van der Waals surface area contributed by atoms with E-state index in [9.17, 15) is 0 Å². The van der Waals surface area contributed by atoms with Crippen LogP contribution in [-0.4, -0.2) is 19.3 Å². The predicted molar refractivity (Wildman–Crippen MR) is 57.6 cm³/mol. The highest BCUT2D eigenvalue weighted by molar-refractivity contribution is 5.20. The lowest BCUT2D eigenvalue weighted by Gasteiger charge is -1.99. The van der Waals surface area contributed by atoms with Crippen LogP contribution >= 0.6 is 0 Å².